The number of benzene rings is 2. The molecule has 0 radical (unpaired) electrons. The maximum atomic E-state index is 12.3. The molecule has 0 aliphatic heterocycles. The lowest BCUT2D eigenvalue weighted by Crippen LogP contribution is -2.15. The van der Waals surface area contributed by atoms with Crippen LogP contribution in [-0.4, -0.2) is 31.9 Å². The van der Waals surface area contributed by atoms with Gasteiger partial charge >= 0.3 is 0 Å². The lowest BCUT2D eigenvalue weighted by Gasteiger charge is -2.10. The molecule has 0 fully saturated rings. The second-order valence-corrected chi connectivity index (χ2v) is 7.19. The number of carbonyl (C=O) groups excluding carboxylic acids is 1. The molecule has 1 heterocycles. The first-order valence-electron chi connectivity index (χ1n) is 8.30. The van der Waals surface area contributed by atoms with Gasteiger partial charge in [0.25, 0.3) is 0 Å². The maximum Gasteiger partial charge on any atom is 0.234 e. The van der Waals surface area contributed by atoms with Crippen LogP contribution >= 0.6 is 11.8 Å². The van der Waals surface area contributed by atoms with E-state index in [4.69, 9.17) is 0 Å². The fourth-order valence-corrected chi connectivity index (χ4v) is 3.26. The van der Waals surface area contributed by atoms with Gasteiger partial charge in [0.05, 0.1) is 11.4 Å². The molecule has 1 N–H and O–H groups in total. The number of nitrogens with zero attached hydrogens (tertiary/aromatic N) is 4. The molecule has 0 bridgehead atoms. The quantitative estimate of drug-likeness (QED) is 0.697. The summed E-state index contributed by atoms with van der Waals surface area (Å²) in [6, 6.07) is 12.0. The molecule has 0 aliphatic carbocycles. The average Bonchev–Trinajstić information content (AvgIpc) is 3.07. The first-order valence-corrected chi connectivity index (χ1v) is 9.29. The Morgan fingerprint density at radius 3 is 2.73 bits per heavy atom. The molecule has 0 saturated heterocycles. The van der Waals surface area contributed by atoms with Crippen LogP contribution in [0.4, 0.5) is 5.69 Å². The van der Waals surface area contributed by atoms with E-state index in [2.05, 4.69) is 20.8 Å². The number of anilines is 1. The fraction of sp³-hybridized carbons (Fsp3) is 0.263. The van der Waals surface area contributed by atoms with E-state index in [0.717, 1.165) is 28.1 Å². The van der Waals surface area contributed by atoms with Gasteiger partial charge in [0.2, 0.25) is 11.1 Å². The normalized spacial score (nSPS) is 10.8. The van der Waals surface area contributed by atoms with Gasteiger partial charge in [-0.2, -0.15) is 4.68 Å². The highest BCUT2D eigenvalue weighted by Crippen LogP contribution is 2.23. The SMILES string of the molecule is Cc1ccc(C)c(NC(=O)CSc2nnnn2-c2cccc(C)c2C)c1. The van der Waals surface area contributed by atoms with Gasteiger partial charge in [0, 0.05) is 5.69 Å². The van der Waals surface area contributed by atoms with Gasteiger partial charge in [-0.1, -0.05) is 36.0 Å². The van der Waals surface area contributed by atoms with E-state index >= 15 is 0 Å². The summed E-state index contributed by atoms with van der Waals surface area (Å²) in [4.78, 5) is 12.3. The van der Waals surface area contributed by atoms with Crippen molar-refractivity contribution in [2.24, 2.45) is 0 Å². The average molecular weight is 367 g/mol. The summed E-state index contributed by atoms with van der Waals surface area (Å²) in [5.41, 5.74) is 6.19. The largest absolute Gasteiger partial charge is 0.325 e. The number of hydrogen-bond acceptors (Lipinski definition) is 5. The third kappa shape index (κ3) is 3.94. The number of thioether (sulfide) groups is 1. The lowest BCUT2D eigenvalue weighted by atomic mass is 10.1. The van der Waals surface area contributed by atoms with Crippen molar-refractivity contribution in [3.63, 3.8) is 0 Å². The predicted octanol–water partition coefficient (Wildman–Crippen LogP) is 3.63. The van der Waals surface area contributed by atoms with Crippen LogP contribution in [0.5, 0.6) is 0 Å². The number of aryl methyl sites for hydroxylation is 3. The summed E-state index contributed by atoms with van der Waals surface area (Å²) in [6.45, 7) is 8.06. The predicted molar refractivity (Wildman–Crippen MR) is 104 cm³/mol. The van der Waals surface area contributed by atoms with Crippen molar-refractivity contribution in [3.05, 3.63) is 58.7 Å². The lowest BCUT2D eigenvalue weighted by molar-refractivity contribution is -0.113. The molecule has 6 nitrogen and oxygen atoms in total. The van der Waals surface area contributed by atoms with E-state index in [1.807, 2.05) is 64.1 Å². The Kier molecular flexibility index (Phi) is 5.37. The molecule has 0 atom stereocenters. The Hall–Kier alpha value is -2.67. The molecule has 2 aromatic carbocycles. The topological polar surface area (TPSA) is 72.7 Å². The number of amides is 1. The van der Waals surface area contributed by atoms with Gasteiger partial charge in [-0.25, -0.2) is 0 Å². The number of tetrazole rings is 1. The zero-order chi connectivity index (χ0) is 18.7. The zero-order valence-corrected chi connectivity index (χ0v) is 16.1. The molecule has 1 aromatic heterocycles. The zero-order valence-electron chi connectivity index (χ0n) is 15.3. The van der Waals surface area contributed by atoms with Crippen LogP contribution in [0.25, 0.3) is 5.69 Å². The van der Waals surface area contributed by atoms with Gasteiger partial charge in [-0.05, 0) is 72.5 Å². The van der Waals surface area contributed by atoms with Crippen LogP contribution in [0.3, 0.4) is 0 Å². The molecular weight excluding hydrogens is 346 g/mol. The van der Waals surface area contributed by atoms with E-state index in [-0.39, 0.29) is 11.7 Å². The van der Waals surface area contributed by atoms with E-state index < -0.39 is 0 Å². The van der Waals surface area contributed by atoms with E-state index in [9.17, 15) is 4.79 Å². The molecule has 7 heteroatoms. The highest BCUT2D eigenvalue weighted by atomic mass is 32.2. The van der Waals surface area contributed by atoms with Crippen LogP contribution in [0.2, 0.25) is 0 Å². The monoisotopic (exact) mass is 367 g/mol. The molecule has 3 rings (SSSR count). The molecular formula is C19H21N5OS. The summed E-state index contributed by atoms with van der Waals surface area (Å²) in [5.74, 6) is 0.151. The van der Waals surface area contributed by atoms with Crippen molar-refractivity contribution in [2.75, 3.05) is 11.1 Å². The third-order valence-corrected chi connectivity index (χ3v) is 5.16. The second kappa shape index (κ2) is 7.70. The summed E-state index contributed by atoms with van der Waals surface area (Å²) in [5, 5.41) is 15.5. The Morgan fingerprint density at radius 1 is 1.12 bits per heavy atom. The van der Waals surface area contributed by atoms with Gasteiger partial charge in [0.15, 0.2) is 0 Å². The van der Waals surface area contributed by atoms with Crippen molar-refractivity contribution in [1.82, 2.24) is 20.2 Å². The third-order valence-electron chi connectivity index (χ3n) is 4.24. The van der Waals surface area contributed by atoms with Crippen molar-refractivity contribution in [1.29, 1.82) is 0 Å². The molecule has 26 heavy (non-hydrogen) atoms. The van der Waals surface area contributed by atoms with Crippen molar-refractivity contribution < 1.29 is 4.79 Å². The molecule has 0 aliphatic rings. The van der Waals surface area contributed by atoms with Gasteiger partial charge in [-0.15, -0.1) is 5.10 Å². The van der Waals surface area contributed by atoms with Crippen LogP contribution < -0.4 is 5.32 Å². The molecule has 0 saturated carbocycles. The second-order valence-electron chi connectivity index (χ2n) is 6.25. The summed E-state index contributed by atoms with van der Waals surface area (Å²) >= 11 is 1.32. The van der Waals surface area contributed by atoms with Gasteiger partial charge in [-0.3, -0.25) is 4.79 Å². The number of rotatable bonds is 5. The number of aromatic nitrogens is 4. The minimum Gasteiger partial charge on any atom is -0.325 e. The highest BCUT2D eigenvalue weighted by molar-refractivity contribution is 7.99. The van der Waals surface area contributed by atoms with Crippen LogP contribution in [0.1, 0.15) is 22.3 Å². The molecule has 3 aromatic rings. The van der Waals surface area contributed by atoms with Crippen LogP contribution in [0, 0.1) is 27.7 Å². The summed E-state index contributed by atoms with van der Waals surface area (Å²) < 4.78 is 1.68. The van der Waals surface area contributed by atoms with Gasteiger partial charge < -0.3 is 5.32 Å². The summed E-state index contributed by atoms with van der Waals surface area (Å²) in [6.07, 6.45) is 0. The van der Waals surface area contributed by atoms with Crippen molar-refractivity contribution in [2.45, 2.75) is 32.9 Å². The van der Waals surface area contributed by atoms with Crippen LogP contribution in [-0.2, 0) is 4.79 Å². The number of carbonyl (C=O) groups is 1. The van der Waals surface area contributed by atoms with E-state index in [1.165, 1.54) is 17.3 Å². The van der Waals surface area contributed by atoms with Gasteiger partial charge in [0.1, 0.15) is 0 Å². The Balaban J connectivity index is 1.71. The Labute approximate surface area is 157 Å². The van der Waals surface area contributed by atoms with Crippen LogP contribution in [0.15, 0.2) is 41.6 Å². The minimum absolute atomic E-state index is 0.0841. The number of hydrogen-bond donors (Lipinski definition) is 1. The standard InChI is InChI=1S/C19H21N5OS/c1-12-8-9-14(3)16(10-12)20-18(25)11-26-19-21-22-23-24(19)17-7-5-6-13(2)15(17)4/h5-10H,11H2,1-4H3,(H,20,25). The molecule has 134 valence electrons. The molecule has 0 unspecified atom stereocenters. The first kappa shape index (κ1) is 18.1. The van der Waals surface area contributed by atoms with E-state index in [0.29, 0.717) is 5.16 Å². The molecule has 1 amide bonds. The first-order chi connectivity index (χ1) is 12.5. The Bertz CT molecular complexity index is 951. The van der Waals surface area contributed by atoms with E-state index in [1.54, 1.807) is 4.68 Å². The smallest absolute Gasteiger partial charge is 0.234 e. The van der Waals surface area contributed by atoms with Crippen molar-refractivity contribution >= 4 is 23.4 Å². The van der Waals surface area contributed by atoms with Crippen molar-refractivity contribution in [3.8, 4) is 5.69 Å². The Morgan fingerprint density at radius 2 is 1.92 bits per heavy atom. The number of nitrogens with one attached hydrogen (secondary N) is 1. The summed E-state index contributed by atoms with van der Waals surface area (Å²) in [7, 11) is 0. The molecule has 0 spiro atoms. The minimum atomic E-state index is -0.0841. The maximum absolute atomic E-state index is 12.3. The highest BCUT2D eigenvalue weighted by Gasteiger charge is 2.14. The fourth-order valence-electron chi connectivity index (χ4n) is 2.57.